The van der Waals surface area contributed by atoms with Crippen LogP contribution in [0.2, 0.25) is 0 Å². The van der Waals surface area contributed by atoms with Crippen LogP contribution in [0.25, 0.3) is 0 Å². The van der Waals surface area contributed by atoms with Crippen molar-refractivity contribution in [3.63, 3.8) is 0 Å². The third kappa shape index (κ3) is 3.64. The van der Waals surface area contributed by atoms with E-state index in [9.17, 15) is 8.78 Å². The zero-order valence-electron chi connectivity index (χ0n) is 11.6. The third-order valence-corrected chi connectivity index (χ3v) is 3.80. The zero-order chi connectivity index (χ0) is 14.7. The van der Waals surface area contributed by atoms with Crippen LogP contribution in [0.1, 0.15) is 30.1 Å². The largest absolute Gasteiger partial charge is 0.339 e. The van der Waals surface area contributed by atoms with E-state index in [1.807, 2.05) is 0 Å². The van der Waals surface area contributed by atoms with Crippen LogP contribution in [0.4, 0.5) is 8.78 Å². The lowest BCUT2D eigenvalue weighted by molar-refractivity contribution is 0.312. The Morgan fingerprint density at radius 1 is 1.24 bits per heavy atom. The van der Waals surface area contributed by atoms with Crippen LogP contribution in [0.15, 0.2) is 22.7 Å². The number of hydrogen-bond acceptors (Lipinski definition) is 4. The Morgan fingerprint density at radius 3 is 2.81 bits per heavy atom. The van der Waals surface area contributed by atoms with Crippen molar-refractivity contribution >= 4 is 0 Å². The van der Waals surface area contributed by atoms with Gasteiger partial charge in [-0.15, -0.1) is 0 Å². The molecule has 0 bridgehead atoms. The molecule has 0 amide bonds. The maximum atomic E-state index is 13.6. The molecule has 0 saturated carbocycles. The highest BCUT2D eigenvalue weighted by Gasteiger charge is 2.17. The van der Waals surface area contributed by atoms with E-state index < -0.39 is 11.6 Å². The molecule has 1 aliphatic heterocycles. The fourth-order valence-corrected chi connectivity index (χ4v) is 2.61. The highest BCUT2D eigenvalue weighted by Crippen LogP contribution is 2.18. The maximum Gasteiger partial charge on any atom is 0.226 e. The summed E-state index contributed by atoms with van der Waals surface area (Å²) in [5, 5.41) is 7.19. The summed E-state index contributed by atoms with van der Waals surface area (Å²) in [5.41, 5.74) is 0.366. The Balaban J connectivity index is 1.64. The quantitative estimate of drug-likeness (QED) is 0.941. The molecule has 1 N–H and O–H groups in total. The van der Waals surface area contributed by atoms with E-state index in [-0.39, 0.29) is 6.42 Å². The van der Waals surface area contributed by atoms with Gasteiger partial charge in [-0.3, -0.25) is 0 Å². The highest BCUT2D eigenvalue weighted by atomic mass is 19.1. The van der Waals surface area contributed by atoms with Crippen LogP contribution in [-0.4, -0.2) is 23.2 Å². The van der Waals surface area contributed by atoms with E-state index in [1.165, 1.54) is 12.1 Å². The molecule has 6 heteroatoms. The smallest absolute Gasteiger partial charge is 0.226 e. The molecule has 21 heavy (non-hydrogen) atoms. The molecule has 1 aliphatic rings. The first kappa shape index (κ1) is 14.1. The first-order chi connectivity index (χ1) is 10.2. The van der Waals surface area contributed by atoms with Crippen LogP contribution in [-0.2, 0) is 12.8 Å². The molecule has 1 saturated heterocycles. The Bertz CT molecular complexity index is 609. The van der Waals surface area contributed by atoms with Gasteiger partial charge in [-0.2, -0.15) is 4.98 Å². The number of hydrogen-bond donors (Lipinski definition) is 1. The van der Waals surface area contributed by atoms with Gasteiger partial charge in [0.1, 0.15) is 11.6 Å². The second kappa shape index (κ2) is 6.30. The lowest BCUT2D eigenvalue weighted by atomic mass is 9.95. The van der Waals surface area contributed by atoms with Gasteiger partial charge in [0.2, 0.25) is 5.89 Å². The zero-order valence-corrected chi connectivity index (χ0v) is 11.6. The van der Waals surface area contributed by atoms with Crippen molar-refractivity contribution in [3.8, 4) is 0 Å². The molecule has 0 atom stereocenters. The van der Waals surface area contributed by atoms with Crippen molar-refractivity contribution in [2.75, 3.05) is 13.1 Å². The first-order valence-electron chi connectivity index (χ1n) is 7.17. The van der Waals surface area contributed by atoms with Gasteiger partial charge in [-0.1, -0.05) is 11.2 Å². The Morgan fingerprint density at radius 2 is 2.05 bits per heavy atom. The lowest BCUT2D eigenvalue weighted by Gasteiger charge is -2.20. The number of nitrogens with zero attached hydrogens (tertiary/aromatic N) is 2. The second-order valence-electron chi connectivity index (χ2n) is 5.41. The molecule has 0 spiro atoms. The summed E-state index contributed by atoms with van der Waals surface area (Å²) in [7, 11) is 0. The third-order valence-electron chi connectivity index (χ3n) is 3.80. The molecule has 0 radical (unpaired) electrons. The van der Waals surface area contributed by atoms with Crippen molar-refractivity contribution in [3.05, 3.63) is 47.1 Å². The van der Waals surface area contributed by atoms with Crippen LogP contribution in [0.3, 0.4) is 0 Å². The van der Waals surface area contributed by atoms with Gasteiger partial charge >= 0.3 is 0 Å². The van der Waals surface area contributed by atoms with Crippen molar-refractivity contribution in [1.82, 2.24) is 15.5 Å². The van der Waals surface area contributed by atoms with E-state index in [0.717, 1.165) is 38.4 Å². The van der Waals surface area contributed by atoms with E-state index in [0.29, 0.717) is 23.2 Å². The topological polar surface area (TPSA) is 51.0 Å². The van der Waals surface area contributed by atoms with Crippen molar-refractivity contribution in [2.24, 2.45) is 5.92 Å². The fourth-order valence-electron chi connectivity index (χ4n) is 2.61. The van der Waals surface area contributed by atoms with Gasteiger partial charge in [-0.25, -0.2) is 8.78 Å². The number of rotatable bonds is 4. The molecule has 1 aromatic carbocycles. The van der Waals surface area contributed by atoms with Crippen molar-refractivity contribution in [2.45, 2.75) is 25.7 Å². The predicted octanol–water partition coefficient (Wildman–Crippen LogP) is 2.48. The molecular formula is C15H17F2N3O. The summed E-state index contributed by atoms with van der Waals surface area (Å²) >= 11 is 0. The van der Waals surface area contributed by atoms with Crippen LogP contribution in [0.5, 0.6) is 0 Å². The molecule has 1 fully saturated rings. The van der Waals surface area contributed by atoms with Crippen LogP contribution in [0, 0.1) is 17.6 Å². The number of nitrogens with one attached hydrogen (secondary N) is 1. The van der Waals surface area contributed by atoms with Gasteiger partial charge in [0, 0.05) is 18.9 Å². The van der Waals surface area contributed by atoms with Crippen LogP contribution >= 0.6 is 0 Å². The molecule has 0 aliphatic carbocycles. The first-order valence-corrected chi connectivity index (χ1v) is 7.17. The minimum Gasteiger partial charge on any atom is -0.339 e. The number of benzene rings is 1. The molecule has 0 unspecified atom stereocenters. The highest BCUT2D eigenvalue weighted by molar-refractivity contribution is 5.21. The lowest BCUT2D eigenvalue weighted by Crippen LogP contribution is -2.28. The van der Waals surface area contributed by atoms with Crippen molar-refractivity contribution < 1.29 is 13.3 Å². The normalized spacial score (nSPS) is 16.3. The Kier molecular flexibility index (Phi) is 4.24. The molecule has 4 nitrogen and oxygen atoms in total. The molecular weight excluding hydrogens is 276 g/mol. The number of halogens is 2. The average molecular weight is 293 g/mol. The number of piperidine rings is 1. The van der Waals surface area contributed by atoms with Gasteiger partial charge in [0.15, 0.2) is 5.82 Å². The van der Waals surface area contributed by atoms with Gasteiger partial charge in [0.05, 0.1) is 0 Å². The summed E-state index contributed by atoms with van der Waals surface area (Å²) in [5.74, 6) is 0.418. The standard InChI is InChI=1S/C15H17F2N3O/c16-12-2-1-11(13(17)9-12)8-14-19-15(21-20-14)7-10-3-5-18-6-4-10/h1-2,9-10,18H,3-8H2. The Labute approximate surface area is 121 Å². The van der Waals surface area contributed by atoms with Crippen molar-refractivity contribution in [1.29, 1.82) is 0 Å². The summed E-state index contributed by atoms with van der Waals surface area (Å²) in [6.45, 7) is 2.04. The molecule has 1 aromatic heterocycles. The fraction of sp³-hybridized carbons (Fsp3) is 0.467. The van der Waals surface area contributed by atoms with Gasteiger partial charge in [0.25, 0.3) is 0 Å². The minimum atomic E-state index is -0.587. The summed E-state index contributed by atoms with van der Waals surface area (Å²) in [6.07, 6.45) is 3.18. The molecule has 2 aromatic rings. The maximum absolute atomic E-state index is 13.6. The van der Waals surface area contributed by atoms with E-state index in [2.05, 4.69) is 15.5 Å². The number of aromatic nitrogens is 2. The van der Waals surface area contributed by atoms with E-state index in [1.54, 1.807) is 0 Å². The minimum absolute atomic E-state index is 0.210. The summed E-state index contributed by atoms with van der Waals surface area (Å²) in [4.78, 5) is 4.30. The molecule has 3 rings (SSSR count). The van der Waals surface area contributed by atoms with Crippen LogP contribution < -0.4 is 5.32 Å². The summed E-state index contributed by atoms with van der Waals surface area (Å²) in [6, 6.07) is 3.51. The summed E-state index contributed by atoms with van der Waals surface area (Å²) < 4.78 is 31.7. The SMILES string of the molecule is Fc1ccc(Cc2noc(CC3CCNCC3)n2)c(F)c1. The molecule has 112 valence electrons. The van der Waals surface area contributed by atoms with Gasteiger partial charge in [-0.05, 0) is 43.5 Å². The van der Waals surface area contributed by atoms with E-state index in [4.69, 9.17) is 4.52 Å². The van der Waals surface area contributed by atoms with E-state index >= 15 is 0 Å². The average Bonchev–Trinajstić information content (AvgIpc) is 2.90. The Hall–Kier alpha value is -1.82. The van der Waals surface area contributed by atoms with Gasteiger partial charge < -0.3 is 9.84 Å². The second-order valence-corrected chi connectivity index (χ2v) is 5.41. The molecule has 2 heterocycles. The predicted molar refractivity (Wildman–Crippen MR) is 72.8 cm³/mol. The monoisotopic (exact) mass is 293 g/mol.